The summed E-state index contributed by atoms with van der Waals surface area (Å²) in [5, 5.41) is 14.0. The van der Waals surface area contributed by atoms with Gasteiger partial charge in [-0.05, 0) is 45.3 Å². The molecule has 10 heteroatoms. The first-order chi connectivity index (χ1) is 14.1. The number of carbonyl (C=O) groups is 1. The van der Waals surface area contributed by atoms with Crippen molar-refractivity contribution in [2.24, 2.45) is 5.92 Å². The lowest BCUT2D eigenvalue weighted by Gasteiger charge is -2.32. The zero-order valence-corrected chi connectivity index (χ0v) is 18.9. The second-order valence-electron chi connectivity index (χ2n) is 7.70. The second kappa shape index (κ2) is 10.3. The van der Waals surface area contributed by atoms with Crippen LogP contribution in [0.1, 0.15) is 39.2 Å². The minimum Gasteiger partial charge on any atom is -0.354 e. The van der Waals surface area contributed by atoms with Crippen LogP contribution in [0.5, 0.6) is 0 Å². The van der Waals surface area contributed by atoms with Gasteiger partial charge in [0.05, 0.1) is 9.82 Å². The second-order valence-corrected chi connectivity index (χ2v) is 9.61. The molecule has 30 heavy (non-hydrogen) atoms. The van der Waals surface area contributed by atoms with Gasteiger partial charge >= 0.3 is 0 Å². The van der Waals surface area contributed by atoms with Gasteiger partial charge in [-0.25, -0.2) is 8.42 Å². The molecule has 0 spiro atoms. The smallest absolute Gasteiger partial charge is 0.270 e. The van der Waals surface area contributed by atoms with Gasteiger partial charge in [0.2, 0.25) is 15.9 Å². The van der Waals surface area contributed by atoms with Crippen LogP contribution in [0.2, 0.25) is 0 Å². The Balaban J connectivity index is 1.99. The summed E-state index contributed by atoms with van der Waals surface area (Å²) in [4.78, 5) is 25.2. The van der Waals surface area contributed by atoms with Crippen LogP contribution in [-0.4, -0.2) is 67.2 Å². The van der Waals surface area contributed by atoms with Crippen LogP contribution in [0.15, 0.2) is 23.1 Å². The third kappa shape index (κ3) is 5.55. The van der Waals surface area contributed by atoms with Gasteiger partial charge in [-0.3, -0.25) is 19.8 Å². The largest absolute Gasteiger partial charge is 0.354 e. The molecule has 1 aliphatic heterocycles. The van der Waals surface area contributed by atoms with Crippen LogP contribution in [0.3, 0.4) is 0 Å². The van der Waals surface area contributed by atoms with Crippen molar-refractivity contribution in [1.82, 2.24) is 14.5 Å². The molecule has 0 aliphatic carbocycles. The molecule has 1 amide bonds. The lowest BCUT2D eigenvalue weighted by molar-refractivity contribution is -0.385. The molecule has 1 heterocycles. The van der Waals surface area contributed by atoms with Crippen molar-refractivity contribution in [1.29, 1.82) is 0 Å². The zero-order valence-electron chi connectivity index (χ0n) is 18.1. The fourth-order valence-corrected chi connectivity index (χ4v) is 5.56. The SMILES string of the molecule is CCN(CC)C(C)CNC(=O)C1CCN(S(=O)(=O)c2cc([N+](=O)[O-])ccc2C)CC1. The lowest BCUT2D eigenvalue weighted by Crippen LogP contribution is -2.46. The molecule has 0 aromatic heterocycles. The molecular formula is C20H32N4O5S. The van der Waals surface area contributed by atoms with Gasteiger partial charge in [0.1, 0.15) is 0 Å². The molecule has 1 unspecified atom stereocenters. The molecule has 1 aromatic rings. The molecule has 1 aliphatic rings. The standard InChI is InChI=1S/C20H32N4O5S/c1-5-22(6-2)16(4)14-21-20(25)17-9-11-23(12-10-17)30(28,29)19-13-18(24(26)27)8-7-15(19)3/h7-8,13,16-17H,5-6,9-12,14H2,1-4H3,(H,21,25). The van der Waals surface area contributed by atoms with E-state index in [1.54, 1.807) is 6.92 Å². The van der Waals surface area contributed by atoms with E-state index in [1.165, 1.54) is 16.4 Å². The van der Waals surface area contributed by atoms with Gasteiger partial charge in [0, 0.05) is 43.7 Å². The maximum Gasteiger partial charge on any atom is 0.270 e. The summed E-state index contributed by atoms with van der Waals surface area (Å²) in [6, 6.07) is 4.09. The highest BCUT2D eigenvalue weighted by molar-refractivity contribution is 7.89. The number of nitrogens with one attached hydrogen (secondary N) is 1. The predicted molar refractivity (Wildman–Crippen MR) is 115 cm³/mol. The maximum absolute atomic E-state index is 13.0. The molecule has 2 rings (SSSR count). The Morgan fingerprint density at radius 3 is 2.43 bits per heavy atom. The average Bonchev–Trinajstić information content (AvgIpc) is 2.73. The molecule has 0 radical (unpaired) electrons. The number of benzene rings is 1. The van der Waals surface area contributed by atoms with Gasteiger partial charge in [-0.2, -0.15) is 4.31 Å². The van der Waals surface area contributed by atoms with Crippen LogP contribution < -0.4 is 5.32 Å². The molecule has 168 valence electrons. The molecular weight excluding hydrogens is 408 g/mol. The normalized spacial score (nSPS) is 17.1. The van der Waals surface area contributed by atoms with Crippen molar-refractivity contribution in [3.8, 4) is 0 Å². The number of hydrogen-bond acceptors (Lipinski definition) is 6. The third-order valence-corrected chi connectivity index (χ3v) is 7.87. The number of amides is 1. The summed E-state index contributed by atoms with van der Waals surface area (Å²) in [5.74, 6) is -0.274. The number of nitro groups is 1. The summed E-state index contributed by atoms with van der Waals surface area (Å²) in [5.41, 5.74) is 0.210. The van der Waals surface area contributed by atoms with Gasteiger partial charge in [0.15, 0.2) is 0 Å². The van der Waals surface area contributed by atoms with Crippen LogP contribution in [0.4, 0.5) is 5.69 Å². The number of nitro benzene ring substituents is 1. The predicted octanol–water partition coefficient (Wildman–Crippen LogP) is 2.15. The number of likely N-dealkylation sites (N-methyl/N-ethyl adjacent to an activating group) is 1. The van der Waals surface area contributed by atoms with E-state index in [4.69, 9.17) is 0 Å². The quantitative estimate of drug-likeness (QED) is 0.465. The van der Waals surface area contributed by atoms with Gasteiger partial charge in [-0.15, -0.1) is 0 Å². The highest BCUT2D eigenvalue weighted by Gasteiger charge is 2.33. The number of piperidine rings is 1. The van der Waals surface area contributed by atoms with Gasteiger partial charge in [-0.1, -0.05) is 19.9 Å². The molecule has 1 N–H and O–H groups in total. The number of aryl methyl sites for hydroxylation is 1. The minimum atomic E-state index is -3.85. The Bertz CT molecular complexity index is 862. The first-order valence-electron chi connectivity index (χ1n) is 10.4. The molecule has 9 nitrogen and oxygen atoms in total. The monoisotopic (exact) mass is 440 g/mol. The number of carbonyl (C=O) groups excluding carboxylic acids is 1. The van der Waals surface area contributed by atoms with Crippen molar-refractivity contribution in [3.05, 3.63) is 33.9 Å². The summed E-state index contributed by atoms with van der Waals surface area (Å²) in [7, 11) is -3.85. The summed E-state index contributed by atoms with van der Waals surface area (Å²) < 4.78 is 27.3. The van der Waals surface area contributed by atoms with Crippen LogP contribution in [0, 0.1) is 23.0 Å². The minimum absolute atomic E-state index is 0.0439. The molecule has 0 saturated carbocycles. The van der Waals surface area contributed by atoms with Crippen molar-refractivity contribution < 1.29 is 18.1 Å². The Kier molecular flexibility index (Phi) is 8.34. The Hall–Kier alpha value is -2.04. The van der Waals surface area contributed by atoms with E-state index in [-0.39, 0.29) is 41.5 Å². The Labute approximate surface area is 178 Å². The van der Waals surface area contributed by atoms with E-state index in [0.717, 1.165) is 19.2 Å². The maximum atomic E-state index is 13.0. The summed E-state index contributed by atoms with van der Waals surface area (Å²) >= 11 is 0. The number of rotatable bonds is 9. The van der Waals surface area contributed by atoms with Crippen LogP contribution in [-0.2, 0) is 14.8 Å². The van der Waals surface area contributed by atoms with Gasteiger partial charge < -0.3 is 5.32 Å². The first-order valence-corrected chi connectivity index (χ1v) is 11.8. The highest BCUT2D eigenvalue weighted by Crippen LogP contribution is 2.28. The average molecular weight is 441 g/mol. The van der Waals surface area contributed by atoms with E-state index in [9.17, 15) is 23.3 Å². The Morgan fingerprint density at radius 1 is 1.30 bits per heavy atom. The summed E-state index contributed by atoms with van der Waals surface area (Å²) in [6.45, 7) is 10.7. The first kappa shape index (κ1) is 24.2. The van der Waals surface area contributed by atoms with Crippen LogP contribution >= 0.6 is 0 Å². The molecule has 1 saturated heterocycles. The van der Waals surface area contributed by atoms with E-state index in [0.29, 0.717) is 24.9 Å². The van der Waals surface area contributed by atoms with E-state index in [1.807, 2.05) is 0 Å². The van der Waals surface area contributed by atoms with Crippen molar-refractivity contribution in [2.45, 2.75) is 51.5 Å². The zero-order chi connectivity index (χ0) is 22.5. The van der Waals surface area contributed by atoms with E-state index in [2.05, 4.69) is 31.0 Å². The fraction of sp³-hybridized carbons (Fsp3) is 0.650. The third-order valence-electron chi connectivity index (χ3n) is 5.83. The van der Waals surface area contributed by atoms with Crippen molar-refractivity contribution in [3.63, 3.8) is 0 Å². The number of hydrogen-bond donors (Lipinski definition) is 1. The van der Waals surface area contributed by atoms with Gasteiger partial charge in [0.25, 0.3) is 5.69 Å². The number of sulfonamides is 1. The topological polar surface area (TPSA) is 113 Å². The molecule has 0 bridgehead atoms. The Morgan fingerprint density at radius 2 is 1.90 bits per heavy atom. The highest BCUT2D eigenvalue weighted by atomic mass is 32.2. The number of non-ortho nitro benzene ring substituents is 1. The van der Waals surface area contributed by atoms with Crippen molar-refractivity contribution >= 4 is 21.6 Å². The van der Waals surface area contributed by atoms with E-state index < -0.39 is 14.9 Å². The van der Waals surface area contributed by atoms with E-state index >= 15 is 0 Å². The fourth-order valence-electron chi connectivity index (χ4n) is 3.85. The molecule has 1 fully saturated rings. The molecule has 1 aromatic carbocycles. The number of nitrogens with zero attached hydrogens (tertiary/aromatic N) is 3. The summed E-state index contributed by atoms with van der Waals surface area (Å²) in [6.07, 6.45) is 0.859. The molecule has 1 atom stereocenters. The lowest BCUT2D eigenvalue weighted by atomic mass is 9.97. The van der Waals surface area contributed by atoms with Crippen molar-refractivity contribution in [2.75, 3.05) is 32.7 Å². The van der Waals surface area contributed by atoms with Crippen LogP contribution in [0.25, 0.3) is 0 Å².